The fraction of sp³-hybridized carbons (Fsp3) is 0.500. The maximum Gasteiger partial charge on any atom is 0.320 e. The molecule has 6 nitrogen and oxygen atoms in total. The first-order valence-electron chi connectivity index (χ1n) is 5.16. The number of nitrogens with one attached hydrogen (secondary N) is 2. The highest BCUT2D eigenvalue weighted by Crippen LogP contribution is 2.11. The number of carbonyl (C=O) groups is 1. The van der Waals surface area contributed by atoms with Gasteiger partial charge in [-0.1, -0.05) is 13.3 Å². The van der Waals surface area contributed by atoms with Gasteiger partial charge in [-0.25, -0.2) is 4.79 Å². The third kappa shape index (κ3) is 2.98. The van der Waals surface area contributed by atoms with Crippen LogP contribution < -0.4 is 10.6 Å². The van der Waals surface area contributed by atoms with Crippen molar-refractivity contribution in [3.05, 3.63) is 11.8 Å². The number of hydrogen-bond donors (Lipinski definition) is 2. The fourth-order valence-corrected chi connectivity index (χ4v) is 1.20. The molecule has 0 aliphatic heterocycles. The quantitative estimate of drug-likeness (QED) is 0.750. The molecule has 0 radical (unpaired) electrons. The molecular weight excluding hydrogens is 206 g/mol. The second-order valence-electron chi connectivity index (χ2n) is 3.38. The second-order valence-corrected chi connectivity index (χ2v) is 3.38. The highest BCUT2D eigenvalue weighted by atomic mass is 16.2. The van der Waals surface area contributed by atoms with E-state index in [1.54, 1.807) is 7.05 Å². The minimum absolute atomic E-state index is 0.312. The first-order chi connectivity index (χ1) is 7.69. The molecule has 0 aromatic carbocycles. The van der Waals surface area contributed by atoms with Crippen molar-refractivity contribution in [3.63, 3.8) is 0 Å². The summed E-state index contributed by atoms with van der Waals surface area (Å²) in [6.45, 7) is 2.68. The van der Waals surface area contributed by atoms with Crippen LogP contribution in [0.1, 0.15) is 25.3 Å². The van der Waals surface area contributed by atoms with Crippen molar-refractivity contribution in [1.29, 1.82) is 5.26 Å². The lowest BCUT2D eigenvalue weighted by atomic mass is 10.3. The third-order valence-corrected chi connectivity index (χ3v) is 2.11. The first kappa shape index (κ1) is 12.0. The molecule has 1 aromatic heterocycles. The molecule has 6 heteroatoms. The van der Waals surface area contributed by atoms with Crippen LogP contribution in [0, 0.1) is 11.3 Å². The van der Waals surface area contributed by atoms with E-state index in [4.69, 9.17) is 5.26 Å². The Morgan fingerprint density at radius 1 is 1.69 bits per heavy atom. The molecule has 0 atom stereocenters. The summed E-state index contributed by atoms with van der Waals surface area (Å²) >= 11 is 0. The average molecular weight is 221 g/mol. The molecule has 0 aliphatic rings. The van der Waals surface area contributed by atoms with Gasteiger partial charge in [0.25, 0.3) is 0 Å². The van der Waals surface area contributed by atoms with Crippen molar-refractivity contribution in [3.8, 4) is 6.07 Å². The monoisotopic (exact) mass is 221 g/mol. The first-order valence-corrected chi connectivity index (χ1v) is 5.16. The Kier molecular flexibility index (Phi) is 4.33. The summed E-state index contributed by atoms with van der Waals surface area (Å²) in [5.41, 5.74) is 0.355. The number of aryl methyl sites for hydroxylation is 1. The largest absolute Gasteiger partial charge is 0.338 e. The number of unbranched alkanes of at least 4 members (excludes halogenated alkanes) is 1. The zero-order chi connectivity index (χ0) is 12.0. The molecule has 2 N–H and O–H groups in total. The SMILES string of the molecule is CCCCNC(=O)Nc1c(C#N)cnn1C. The summed E-state index contributed by atoms with van der Waals surface area (Å²) in [4.78, 5) is 11.4. The van der Waals surface area contributed by atoms with E-state index in [0.29, 0.717) is 17.9 Å². The number of hydrogen-bond acceptors (Lipinski definition) is 3. The molecule has 0 unspecified atom stereocenters. The molecule has 16 heavy (non-hydrogen) atoms. The Balaban J connectivity index is 2.56. The molecule has 0 spiro atoms. The lowest BCUT2D eigenvalue weighted by Gasteiger charge is -2.07. The molecule has 0 aliphatic carbocycles. The van der Waals surface area contributed by atoms with Gasteiger partial charge in [0, 0.05) is 13.6 Å². The predicted octanol–water partition coefficient (Wildman–Crippen LogP) is 1.21. The summed E-state index contributed by atoms with van der Waals surface area (Å²) in [6.07, 6.45) is 3.38. The van der Waals surface area contributed by atoms with Gasteiger partial charge in [0.15, 0.2) is 0 Å². The van der Waals surface area contributed by atoms with E-state index in [-0.39, 0.29) is 6.03 Å². The van der Waals surface area contributed by atoms with Crippen molar-refractivity contribution in [2.75, 3.05) is 11.9 Å². The molecule has 1 aromatic rings. The van der Waals surface area contributed by atoms with Crippen LogP contribution in [0.3, 0.4) is 0 Å². The van der Waals surface area contributed by atoms with Gasteiger partial charge < -0.3 is 5.32 Å². The number of aromatic nitrogens is 2. The number of urea groups is 1. The topological polar surface area (TPSA) is 82.7 Å². The lowest BCUT2D eigenvalue weighted by molar-refractivity contribution is 0.251. The number of rotatable bonds is 4. The Hall–Kier alpha value is -2.03. The Morgan fingerprint density at radius 2 is 2.44 bits per heavy atom. The van der Waals surface area contributed by atoms with E-state index in [2.05, 4.69) is 22.7 Å². The van der Waals surface area contributed by atoms with Crippen LogP contribution in [0.25, 0.3) is 0 Å². The minimum Gasteiger partial charge on any atom is -0.338 e. The summed E-state index contributed by atoms with van der Waals surface area (Å²) in [5.74, 6) is 0.413. The number of carbonyl (C=O) groups excluding carboxylic acids is 1. The highest BCUT2D eigenvalue weighted by molar-refractivity contribution is 5.89. The molecule has 1 heterocycles. The summed E-state index contributed by atoms with van der Waals surface area (Å²) in [5, 5.41) is 18.0. The van der Waals surface area contributed by atoms with Crippen LogP contribution in [0.4, 0.5) is 10.6 Å². The van der Waals surface area contributed by atoms with Crippen LogP contribution in [0.2, 0.25) is 0 Å². The van der Waals surface area contributed by atoms with Crippen LogP contribution in [-0.4, -0.2) is 22.4 Å². The average Bonchev–Trinajstić information content (AvgIpc) is 2.61. The highest BCUT2D eigenvalue weighted by Gasteiger charge is 2.10. The second kappa shape index (κ2) is 5.75. The Bertz CT molecular complexity index is 404. The van der Waals surface area contributed by atoms with Gasteiger partial charge in [0.1, 0.15) is 17.5 Å². The van der Waals surface area contributed by atoms with Crippen molar-refractivity contribution >= 4 is 11.8 Å². The molecule has 1 rings (SSSR count). The molecule has 0 saturated carbocycles. The minimum atomic E-state index is -0.312. The summed E-state index contributed by atoms with van der Waals surface area (Å²) < 4.78 is 1.46. The lowest BCUT2D eigenvalue weighted by Crippen LogP contribution is -2.30. The van der Waals surface area contributed by atoms with Gasteiger partial charge in [-0.05, 0) is 6.42 Å². The molecule has 0 bridgehead atoms. The third-order valence-electron chi connectivity index (χ3n) is 2.11. The molecule has 0 saturated heterocycles. The normalized spacial score (nSPS) is 9.56. The smallest absolute Gasteiger partial charge is 0.320 e. The van der Waals surface area contributed by atoms with E-state index < -0.39 is 0 Å². The van der Waals surface area contributed by atoms with E-state index in [9.17, 15) is 4.79 Å². The molecule has 2 amide bonds. The maximum atomic E-state index is 11.4. The van der Waals surface area contributed by atoms with E-state index in [1.807, 2.05) is 6.07 Å². The number of anilines is 1. The predicted molar refractivity (Wildman–Crippen MR) is 59.9 cm³/mol. The molecule has 0 fully saturated rings. The van der Waals surface area contributed by atoms with Gasteiger partial charge in [0.05, 0.1) is 6.20 Å². The standard InChI is InChI=1S/C10H15N5O/c1-3-4-5-12-10(16)14-9-8(6-11)7-13-15(9)2/h7H,3-5H2,1-2H3,(H2,12,14,16). The van der Waals surface area contributed by atoms with Gasteiger partial charge in [-0.3, -0.25) is 10.00 Å². The summed E-state index contributed by atoms with van der Waals surface area (Å²) in [6, 6.07) is 1.65. The number of amides is 2. The van der Waals surface area contributed by atoms with Crippen LogP contribution >= 0.6 is 0 Å². The number of nitriles is 1. The van der Waals surface area contributed by atoms with Crippen molar-refractivity contribution in [2.24, 2.45) is 7.05 Å². The van der Waals surface area contributed by atoms with Crippen LogP contribution in [0.15, 0.2) is 6.20 Å². The van der Waals surface area contributed by atoms with Gasteiger partial charge in [0.2, 0.25) is 0 Å². The van der Waals surface area contributed by atoms with E-state index in [0.717, 1.165) is 12.8 Å². The Morgan fingerprint density at radius 3 is 3.06 bits per heavy atom. The van der Waals surface area contributed by atoms with Crippen LogP contribution in [0.5, 0.6) is 0 Å². The van der Waals surface area contributed by atoms with Crippen LogP contribution in [-0.2, 0) is 7.05 Å². The van der Waals surface area contributed by atoms with E-state index in [1.165, 1.54) is 10.9 Å². The molecular formula is C10H15N5O. The van der Waals surface area contributed by atoms with Gasteiger partial charge in [-0.2, -0.15) is 10.4 Å². The number of nitrogens with zero attached hydrogens (tertiary/aromatic N) is 3. The van der Waals surface area contributed by atoms with E-state index >= 15 is 0 Å². The zero-order valence-corrected chi connectivity index (χ0v) is 9.45. The molecule has 86 valence electrons. The van der Waals surface area contributed by atoms with Crippen molar-refractivity contribution in [2.45, 2.75) is 19.8 Å². The summed E-state index contributed by atoms with van der Waals surface area (Å²) in [7, 11) is 1.67. The Labute approximate surface area is 94.2 Å². The van der Waals surface area contributed by atoms with Crippen molar-refractivity contribution < 1.29 is 4.79 Å². The zero-order valence-electron chi connectivity index (χ0n) is 9.45. The van der Waals surface area contributed by atoms with Crippen molar-refractivity contribution in [1.82, 2.24) is 15.1 Å². The fourth-order valence-electron chi connectivity index (χ4n) is 1.20. The van der Waals surface area contributed by atoms with Gasteiger partial charge in [-0.15, -0.1) is 0 Å². The maximum absolute atomic E-state index is 11.4. The van der Waals surface area contributed by atoms with Gasteiger partial charge >= 0.3 is 6.03 Å².